The summed E-state index contributed by atoms with van der Waals surface area (Å²) in [4.78, 5) is 16.6. The Morgan fingerprint density at radius 2 is 2.00 bits per heavy atom. The molecule has 3 nitrogen and oxygen atoms in total. The number of rotatable bonds is 5. The summed E-state index contributed by atoms with van der Waals surface area (Å²) in [5.41, 5.74) is 2.55. The maximum absolute atomic E-state index is 12.1. The maximum Gasteiger partial charge on any atom is 0.185 e. The fraction of sp³-hybridized carbons (Fsp3) is 0.0588. The normalized spacial score (nSPS) is 11.0. The van der Waals surface area contributed by atoms with Gasteiger partial charge in [0, 0.05) is 21.9 Å². The van der Waals surface area contributed by atoms with E-state index in [0.717, 1.165) is 22.0 Å². The summed E-state index contributed by atoms with van der Waals surface area (Å²) in [5, 5.41) is 7.01. The van der Waals surface area contributed by atoms with Crippen molar-refractivity contribution in [1.29, 1.82) is 0 Å². The standard InChI is InChI=1S/C17H13NO2S2/c1-20-15-5-2-12(3-6-15)16(19)7-4-14-11-22-17(18-14)13-8-9-21-10-13/h2-11H,1H3/b7-4+. The van der Waals surface area contributed by atoms with Gasteiger partial charge in [-0.25, -0.2) is 4.98 Å². The SMILES string of the molecule is COc1ccc(C(=O)/C=C/c2csc(-c3ccsc3)n2)cc1. The molecule has 2 heterocycles. The first kappa shape index (κ1) is 14.7. The zero-order valence-electron chi connectivity index (χ0n) is 11.9. The predicted molar refractivity (Wildman–Crippen MR) is 91.8 cm³/mol. The molecule has 0 bridgehead atoms. The third-order valence-corrected chi connectivity index (χ3v) is 4.66. The number of allylic oxidation sites excluding steroid dienone is 1. The Morgan fingerprint density at radius 1 is 1.18 bits per heavy atom. The van der Waals surface area contributed by atoms with Gasteiger partial charge in [0.25, 0.3) is 0 Å². The lowest BCUT2D eigenvalue weighted by atomic mass is 10.1. The first-order valence-electron chi connectivity index (χ1n) is 6.61. The molecule has 0 radical (unpaired) electrons. The number of carbonyl (C=O) groups is 1. The van der Waals surface area contributed by atoms with E-state index in [1.54, 1.807) is 66.2 Å². The molecule has 0 aliphatic carbocycles. The number of hydrogen-bond acceptors (Lipinski definition) is 5. The van der Waals surface area contributed by atoms with Crippen LogP contribution in [0.25, 0.3) is 16.6 Å². The van der Waals surface area contributed by atoms with E-state index in [1.165, 1.54) is 0 Å². The zero-order chi connectivity index (χ0) is 15.4. The average molecular weight is 327 g/mol. The van der Waals surface area contributed by atoms with Crippen LogP contribution in [0.5, 0.6) is 5.75 Å². The molecule has 22 heavy (non-hydrogen) atoms. The highest BCUT2D eigenvalue weighted by Gasteiger charge is 2.05. The van der Waals surface area contributed by atoms with Crippen LogP contribution in [-0.4, -0.2) is 17.9 Å². The van der Waals surface area contributed by atoms with Crippen LogP contribution in [0.3, 0.4) is 0 Å². The van der Waals surface area contributed by atoms with Gasteiger partial charge >= 0.3 is 0 Å². The van der Waals surface area contributed by atoms with Crippen LogP contribution in [0.2, 0.25) is 0 Å². The van der Waals surface area contributed by atoms with Gasteiger partial charge in [0.1, 0.15) is 10.8 Å². The second-order valence-corrected chi connectivity index (χ2v) is 6.15. The van der Waals surface area contributed by atoms with Gasteiger partial charge < -0.3 is 4.74 Å². The molecular formula is C17H13NO2S2. The van der Waals surface area contributed by atoms with Crippen molar-refractivity contribution in [3.8, 4) is 16.3 Å². The van der Waals surface area contributed by atoms with E-state index in [9.17, 15) is 4.79 Å². The van der Waals surface area contributed by atoms with E-state index in [1.807, 2.05) is 16.8 Å². The molecule has 2 aromatic heterocycles. The molecule has 5 heteroatoms. The Kier molecular flexibility index (Phi) is 4.46. The molecule has 0 aliphatic heterocycles. The van der Waals surface area contributed by atoms with Crippen molar-refractivity contribution in [2.45, 2.75) is 0 Å². The van der Waals surface area contributed by atoms with Gasteiger partial charge in [0.2, 0.25) is 0 Å². The smallest absolute Gasteiger partial charge is 0.185 e. The number of benzene rings is 1. The second kappa shape index (κ2) is 6.68. The number of nitrogens with zero attached hydrogens (tertiary/aromatic N) is 1. The van der Waals surface area contributed by atoms with E-state index < -0.39 is 0 Å². The summed E-state index contributed by atoms with van der Waals surface area (Å²) >= 11 is 3.22. The number of thiazole rings is 1. The number of hydrogen-bond donors (Lipinski definition) is 0. The van der Waals surface area contributed by atoms with Gasteiger partial charge in [0.05, 0.1) is 12.8 Å². The Bertz CT molecular complexity index is 786. The molecule has 0 spiro atoms. The highest BCUT2D eigenvalue weighted by atomic mass is 32.1. The molecule has 0 amide bonds. The highest BCUT2D eigenvalue weighted by Crippen LogP contribution is 2.26. The molecule has 0 aliphatic rings. The summed E-state index contributed by atoms with van der Waals surface area (Å²) in [7, 11) is 1.60. The van der Waals surface area contributed by atoms with Crippen molar-refractivity contribution in [3.05, 3.63) is 63.8 Å². The monoisotopic (exact) mass is 327 g/mol. The lowest BCUT2D eigenvalue weighted by molar-refractivity contribution is 0.104. The van der Waals surface area contributed by atoms with Crippen LogP contribution in [0.1, 0.15) is 16.1 Å². The summed E-state index contributed by atoms with van der Waals surface area (Å²) in [5.74, 6) is 0.688. The van der Waals surface area contributed by atoms with E-state index in [2.05, 4.69) is 10.4 Å². The second-order valence-electron chi connectivity index (χ2n) is 4.52. The van der Waals surface area contributed by atoms with Crippen molar-refractivity contribution in [2.24, 2.45) is 0 Å². The van der Waals surface area contributed by atoms with Crippen molar-refractivity contribution >= 4 is 34.5 Å². The number of thiophene rings is 1. The summed E-state index contributed by atoms with van der Waals surface area (Å²) in [6.45, 7) is 0. The van der Waals surface area contributed by atoms with Gasteiger partial charge in [-0.3, -0.25) is 4.79 Å². The molecule has 0 unspecified atom stereocenters. The molecule has 0 saturated heterocycles. The predicted octanol–water partition coefficient (Wildman–Crippen LogP) is 4.78. The first-order chi connectivity index (χ1) is 10.8. The van der Waals surface area contributed by atoms with Crippen molar-refractivity contribution in [2.75, 3.05) is 7.11 Å². The molecule has 110 valence electrons. The summed E-state index contributed by atoms with van der Waals surface area (Å²) in [6.07, 6.45) is 3.30. The van der Waals surface area contributed by atoms with Gasteiger partial charge in [-0.05, 0) is 47.9 Å². The fourth-order valence-electron chi connectivity index (χ4n) is 1.89. The van der Waals surface area contributed by atoms with Gasteiger partial charge in [-0.2, -0.15) is 11.3 Å². The minimum absolute atomic E-state index is 0.0484. The number of ketones is 1. The van der Waals surface area contributed by atoms with Crippen LogP contribution >= 0.6 is 22.7 Å². The Hall–Kier alpha value is -2.24. The highest BCUT2D eigenvalue weighted by molar-refractivity contribution is 7.14. The number of carbonyl (C=O) groups excluding carboxylic acids is 1. The number of aromatic nitrogens is 1. The molecule has 3 aromatic rings. The Balaban J connectivity index is 1.72. The van der Waals surface area contributed by atoms with Crippen molar-refractivity contribution in [3.63, 3.8) is 0 Å². The number of ether oxygens (including phenoxy) is 1. The largest absolute Gasteiger partial charge is 0.497 e. The van der Waals surface area contributed by atoms with Crippen molar-refractivity contribution < 1.29 is 9.53 Å². The fourth-order valence-corrected chi connectivity index (χ4v) is 3.39. The lowest BCUT2D eigenvalue weighted by Crippen LogP contribution is -1.94. The van der Waals surface area contributed by atoms with E-state index in [4.69, 9.17) is 4.74 Å². The van der Waals surface area contributed by atoms with Crippen LogP contribution < -0.4 is 4.74 Å². The van der Waals surface area contributed by atoms with Crippen LogP contribution in [0.15, 0.2) is 52.5 Å². The van der Waals surface area contributed by atoms with E-state index in [-0.39, 0.29) is 5.78 Å². The Labute approximate surface area is 136 Å². The molecule has 0 atom stereocenters. The molecule has 1 aromatic carbocycles. The molecule has 0 saturated carbocycles. The quantitative estimate of drug-likeness (QED) is 0.500. The van der Waals surface area contributed by atoms with Crippen LogP contribution in [0, 0.1) is 0 Å². The van der Waals surface area contributed by atoms with Gasteiger partial charge in [-0.1, -0.05) is 0 Å². The topological polar surface area (TPSA) is 39.2 Å². The van der Waals surface area contributed by atoms with E-state index >= 15 is 0 Å². The zero-order valence-corrected chi connectivity index (χ0v) is 13.5. The molecular weight excluding hydrogens is 314 g/mol. The minimum atomic E-state index is -0.0484. The van der Waals surface area contributed by atoms with Crippen LogP contribution in [0.4, 0.5) is 0 Å². The minimum Gasteiger partial charge on any atom is -0.497 e. The first-order valence-corrected chi connectivity index (χ1v) is 8.43. The van der Waals surface area contributed by atoms with Crippen LogP contribution in [-0.2, 0) is 0 Å². The summed E-state index contributed by atoms with van der Waals surface area (Å²) in [6, 6.07) is 9.10. The van der Waals surface area contributed by atoms with E-state index in [0.29, 0.717) is 5.56 Å². The third kappa shape index (κ3) is 3.32. The summed E-state index contributed by atoms with van der Waals surface area (Å²) < 4.78 is 5.08. The Morgan fingerprint density at radius 3 is 2.68 bits per heavy atom. The van der Waals surface area contributed by atoms with Gasteiger partial charge in [0.15, 0.2) is 5.78 Å². The number of methoxy groups -OCH3 is 1. The molecule has 0 N–H and O–H groups in total. The third-order valence-electron chi connectivity index (χ3n) is 3.07. The molecule has 3 rings (SSSR count). The maximum atomic E-state index is 12.1. The van der Waals surface area contributed by atoms with Gasteiger partial charge in [-0.15, -0.1) is 11.3 Å². The average Bonchev–Trinajstić information content (AvgIpc) is 3.23. The van der Waals surface area contributed by atoms with Crippen molar-refractivity contribution in [1.82, 2.24) is 4.98 Å². The lowest BCUT2D eigenvalue weighted by Gasteiger charge is -1.99. The molecule has 0 fully saturated rings.